The topological polar surface area (TPSA) is 12.5 Å². The second kappa shape index (κ2) is 2.99. The fourth-order valence-corrected chi connectivity index (χ4v) is 2.60. The van der Waals surface area contributed by atoms with Crippen LogP contribution in [0.1, 0.15) is 17.9 Å². The van der Waals surface area contributed by atoms with Crippen LogP contribution in [-0.2, 0) is 0 Å². The highest BCUT2D eigenvalue weighted by atomic mass is 16.5. The SMILES string of the molecule is CN1CCC2c3ccccc3O[C@@H]2C1. The van der Waals surface area contributed by atoms with Gasteiger partial charge in [-0.25, -0.2) is 0 Å². The lowest BCUT2D eigenvalue weighted by atomic mass is 9.89. The second-order valence-corrected chi connectivity index (χ2v) is 4.35. The summed E-state index contributed by atoms with van der Waals surface area (Å²) in [7, 11) is 2.17. The molecule has 0 saturated carbocycles. The summed E-state index contributed by atoms with van der Waals surface area (Å²) in [4.78, 5) is 2.35. The van der Waals surface area contributed by atoms with Crippen molar-refractivity contribution in [2.75, 3.05) is 20.1 Å². The maximum atomic E-state index is 5.94. The van der Waals surface area contributed by atoms with E-state index in [0.717, 1.165) is 12.3 Å². The van der Waals surface area contributed by atoms with Gasteiger partial charge in [0.15, 0.2) is 0 Å². The zero-order chi connectivity index (χ0) is 9.54. The molecule has 2 atom stereocenters. The Balaban J connectivity index is 1.94. The van der Waals surface area contributed by atoms with E-state index in [1.807, 2.05) is 0 Å². The van der Waals surface area contributed by atoms with E-state index in [1.54, 1.807) is 0 Å². The van der Waals surface area contributed by atoms with E-state index >= 15 is 0 Å². The zero-order valence-electron chi connectivity index (χ0n) is 8.44. The van der Waals surface area contributed by atoms with Crippen LogP contribution < -0.4 is 4.74 Å². The Bertz CT molecular complexity index is 350. The molecule has 14 heavy (non-hydrogen) atoms. The average molecular weight is 189 g/mol. The molecule has 1 aromatic rings. The van der Waals surface area contributed by atoms with Gasteiger partial charge in [0.25, 0.3) is 0 Å². The molecule has 0 radical (unpaired) electrons. The van der Waals surface area contributed by atoms with Gasteiger partial charge in [0.1, 0.15) is 11.9 Å². The minimum absolute atomic E-state index is 0.395. The minimum atomic E-state index is 0.395. The van der Waals surface area contributed by atoms with Crippen LogP contribution in [0, 0.1) is 0 Å². The quantitative estimate of drug-likeness (QED) is 0.617. The van der Waals surface area contributed by atoms with Crippen LogP contribution >= 0.6 is 0 Å². The Morgan fingerprint density at radius 1 is 1.36 bits per heavy atom. The molecule has 1 fully saturated rings. The van der Waals surface area contributed by atoms with Crippen LogP contribution in [0.2, 0.25) is 0 Å². The number of hydrogen-bond donors (Lipinski definition) is 0. The second-order valence-electron chi connectivity index (χ2n) is 4.35. The molecule has 1 aromatic carbocycles. The third kappa shape index (κ3) is 1.14. The number of piperidine rings is 1. The number of likely N-dealkylation sites (N-methyl/N-ethyl adjacent to an activating group) is 1. The van der Waals surface area contributed by atoms with E-state index in [9.17, 15) is 0 Å². The van der Waals surface area contributed by atoms with E-state index in [-0.39, 0.29) is 0 Å². The number of ether oxygens (including phenoxy) is 1. The summed E-state index contributed by atoms with van der Waals surface area (Å²) in [5.41, 5.74) is 1.42. The highest BCUT2D eigenvalue weighted by Crippen LogP contribution is 2.41. The number of rotatable bonds is 0. The molecule has 0 aromatic heterocycles. The van der Waals surface area contributed by atoms with Gasteiger partial charge in [-0.3, -0.25) is 0 Å². The smallest absolute Gasteiger partial charge is 0.123 e. The lowest BCUT2D eigenvalue weighted by Crippen LogP contribution is -2.40. The standard InChI is InChI=1S/C12H15NO/c1-13-7-6-10-9-4-2-3-5-11(9)14-12(10)8-13/h2-5,10,12H,6-8H2,1H3/t10?,12-/m1/s1. The summed E-state index contributed by atoms with van der Waals surface area (Å²) in [6, 6.07) is 8.47. The molecule has 2 aliphatic heterocycles. The Hall–Kier alpha value is -1.02. The molecule has 2 aliphatic rings. The lowest BCUT2D eigenvalue weighted by molar-refractivity contribution is 0.109. The summed E-state index contributed by atoms with van der Waals surface area (Å²) >= 11 is 0. The molecule has 2 heteroatoms. The van der Waals surface area contributed by atoms with Gasteiger partial charge < -0.3 is 9.64 Å². The van der Waals surface area contributed by atoms with E-state index in [1.165, 1.54) is 18.5 Å². The van der Waals surface area contributed by atoms with Crippen molar-refractivity contribution < 1.29 is 4.74 Å². The summed E-state index contributed by atoms with van der Waals surface area (Å²) in [5.74, 6) is 1.75. The van der Waals surface area contributed by atoms with Gasteiger partial charge in [-0.05, 0) is 26.1 Å². The van der Waals surface area contributed by atoms with Crippen LogP contribution in [0.3, 0.4) is 0 Å². The highest BCUT2D eigenvalue weighted by molar-refractivity contribution is 5.41. The third-order valence-electron chi connectivity index (χ3n) is 3.36. The largest absolute Gasteiger partial charge is 0.488 e. The number of nitrogens with zero attached hydrogens (tertiary/aromatic N) is 1. The Kier molecular flexibility index (Phi) is 1.77. The number of hydrogen-bond acceptors (Lipinski definition) is 2. The van der Waals surface area contributed by atoms with Crippen molar-refractivity contribution in [3.05, 3.63) is 29.8 Å². The molecule has 2 heterocycles. The van der Waals surface area contributed by atoms with Gasteiger partial charge in [0.05, 0.1) is 0 Å². The predicted molar refractivity (Wildman–Crippen MR) is 55.7 cm³/mol. The molecule has 0 N–H and O–H groups in total. The van der Waals surface area contributed by atoms with Gasteiger partial charge in [0, 0.05) is 18.0 Å². The first-order valence-electron chi connectivity index (χ1n) is 5.29. The van der Waals surface area contributed by atoms with E-state index in [0.29, 0.717) is 12.0 Å². The Morgan fingerprint density at radius 3 is 3.14 bits per heavy atom. The zero-order valence-corrected chi connectivity index (χ0v) is 8.44. The van der Waals surface area contributed by atoms with Gasteiger partial charge in [-0.1, -0.05) is 18.2 Å². The van der Waals surface area contributed by atoms with Gasteiger partial charge in [0.2, 0.25) is 0 Å². The number of benzene rings is 1. The fraction of sp³-hybridized carbons (Fsp3) is 0.500. The van der Waals surface area contributed by atoms with Crippen molar-refractivity contribution in [3.63, 3.8) is 0 Å². The first-order valence-corrected chi connectivity index (χ1v) is 5.29. The van der Waals surface area contributed by atoms with Crippen molar-refractivity contribution in [2.24, 2.45) is 0 Å². The summed E-state index contributed by atoms with van der Waals surface area (Å²) in [6.07, 6.45) is 1.63. The molecular weight excluding hydrogens is 174 g/mol. The lowest BCUT2D eigenvalue weighted by Gasteiger charge is -2.31. The molecule has 0 spiro atoms. The maximum absolute atomic E-state index is 5.94. The van der Waals surface area contributed by atoms with E-state index < -0.39 is 0 Å². The Morgan fingerprint density at radius 2 is 2.21 bits per heavy atom. The van der Waals surface area contributed by atoms with Gasteiger partial charge in [-0.15, -0.1) is 0 Å². The van der Waals surface area contributed by atoms with E-state index in [4.69, 9.17) is 4.74 Å². The van der Waals surface area contributed by atoms with Crippen molar-refractivity contribution in [1.29, 1.82) is 0 Å². The van der Waals surface area contributed by atoms with Crippen LogP contribution in [-0.4, -0.2) is 31.1 Å². The van der Waals surface area contributed by atoms with Gasteiger partial charge in [-0.2, -0.15) is 0 Å². The van der Waals surface area contributed by atoms with Crippen LogP contribution in [0.25, 0.3) is 0 Å². The summed E-state index contributed by atoms with van der Waals surface area (Å²) in [5, 5.41) is 0. The molecular formula is C12H15NO. The van der Waals surface area contributed by atoms with Crippen molar-refractivity contribution >= 4 is 0 Å². The molecule has 74 valence electrons. The monoisotopic (exact) mass is 189 g/mol. The number of likely N-dealkylation sites (tertiary alicyclic amines) is 1. The molecule has 0 aliphatic carbocycles. The van der Waals surface area contributed by atoms with Crippen LogP contribution in [0.5, 0.6) is 5.75 Å². The summed E-state index contributed by atoms with van der Waals surface area (Å²) in [6.45, 7) is 2.26. The van der Waals surface area contributed by atoms with Gasteiger partial charge >= 0.3 is 0 Å². The first-order chi connectivity index (χ1) is 6.84. The van der Waals surface area contributed by atoms with Crippen LogP contribution in [0.4, 0.5) is 0 Å². The molecule has 2 nitrogen and oxygen atoms in total. The fourth-order valence-electron chi connectivity index (χ4n) is 2.60. The summed E-state index contributed by atoms with van der Waals surface area (Å²) < 4.78 is 5.94. The maximum Gasteiger partial charge on any atom is 0.123 e. The molecule has 0 bridgehead atoms. The molecule has 1 unspecified atom stereocenters. The third-order valence-corrected chi connectivity index (χ3v) is 3.36. The highest BCUT2D eigenvalue weighted by Gasteiger charge is 2.37. The molecule has 3 rings (SSSR count). The predicted octanol–water partition coefficient (Wildman–Crippen LogP) is 1.87. The minimum Gasteiger partial charge on any atom is -0.488 e. The number of para-hydroxylation sites is 1. The Labute approximate surface area is 84.5 Å². The van der Waals surface area contributed by atoms with Crippen molar-refractivity contribution in [1.82, 2.24) is 4.90 Å². The molecule has 1 saturated heterocycles. The van der Waals surface area contributed by atoms with Crippen LogP contribution in [0.15, 0.2) is 24.3 Å². The van der Waals surface area contributed by atoms with Crippen molar-refractivity contribution in [3.8, 4) is 5.75 Å². The normalized spacial score (nSPS) is 30.6. The van der Waals surface area contributed by atoms with E-state index in [2.05, 4.69) is 36.2 Å². The molecule has 0 amide bonds. The first kappa shape index (κ1) is 8.30. The van der Waals surface area contributed by atoms with Crippen molar-refractivity contribution in [2.45, 2.75) is 18.4 Å². The average Bonchev–Trinajstić information content (AvgIpc) is 2.54. The number of fused-ring (bicyclic) bond motifs is 3.